The molecular formula is C13H29N2S2+. The van der Waals surface area contributed by atoms with E-state index in [4.69, 9.17) is 0 Å². The van der Waals surface area contributed by atoms with Crippen molar-refractivity contribution >= 4 is 23.5 Å². The van der Waals surface area contributed by atoms with Gasteiger partial charge in [-0.2, -0.15) is 0 Å². The molecule has 1 unspecified atom stereocenters. The summed E-state index contributed by atoms with van der Waals surface area (Å²) in [5, 5.41) is 0.885. The van der Waals surface area contributed by atoms with Gasteiger partial charge in [-0.3, -0.25) is 4.90 Å². The molecule has 17 heavy (non-hydrogen) atoms. The predicted octanol–water partition coefficient (Wildman–Crippen LogP) is 2.95. The summed E-state index contributed by atoms with van der Waals surface area (Å²) in [5.74, 6) is 3.88. The SMILES string of the molecule is CCN(CC)CSCC1C[N+](CC)(CC)CS1. The minimum Gasteiger partial charge on any atom is -0.315 e. The first kappa shape index (κ1) is 15.7. The van der Waals surface area contributed by atoms with Gasteiger partial charge in [-0.15, -0.1) is 11.8 Å². The van der Waals surface area contributed by atoms with Crippen LogP contribution in [0.15, 0.2) is 0 Å². The first-order valence-electron chi connectivity index (χ1n) is 6.96. The second-order valence-corrected chi connectivity index (χ2v) is 7.14. The van der Waals surface area contributed by atoms with E-state index in [0.29, 0.717) is 0 Å². The maximum atomic E-state index is 2.51. The van der Waals surface area contributed by atoms with Crippen LogP contribution in [-0.4, -0.2) is 64.9 Å². The first-order chi connectivity index (χ1) is 8.19. The lowest BCUT2D eigenvalue weighted by Crippen LogP contribution is -2.46. The Balaban J connectivity index is 2.22. The average Bonchev–Trinajstić information content (AvgIpc) is 2.79. The molecule has 1 fully saturated rings. The van der Waals surface area contributed by atoms with Gasteiger partial charge in [0.1, 0.15) is 5.88 Å². The number of nitrogens with zero attached hydrogens (tertiary/aromatic N) is 2. The smallest absolute Gasteiger partial charge is 0.126 e. The molecule has 0 spiro atoms. The first-order valence-corrected chi connectivity index (χ1v) is 9.16. The van der Waals surface area contributed by atoms with Crippen LogP contribution in [0.2, 0.25) is 0 Å². The summed E-state index contributed by atoms with van der Waals surface area (Å²) in [7, 11) is 0. The molecule has 0 aromatic rings. The Hall–Kier alpha value is 0.620. The molecule has 2 nitrogen and oxygen atoms in total. The van der Waals surface area contributed by atoms with E-state index < -0.39 is 0 Å². The van der Waals surface area contributed by atoms with Gasteiger partial charge in [-0.05, 0) is 26.9 Å². The summed E-state index contributed by atoms with van der Waals surface area (Å²) in [6, 6.07) is 0. The van der Waals surface area contributed by atoms with Gasteiger partial charge in [0, 0.05) is 11.6 Å². The molecule has 0 N–H and O–H groups in total. The molecule has 1 aliphatic heterocycles. The van der Waals surface area contributed by atoms with Gasteiger partial charge >= 0.3 is 0 Å². The molecule has 4 heteroatoms. The second-order valence-electron chi connectivity index (χ2n) is 4.88. The summed E-state index contributed by atoms with van der Waals surface area (Å²) in [6.07, 6.45) is 0. The van der Waals surface area contributed by atoms with E-state index in [1.807, 2.05) is 0 Å². The van der Waals surface area contributed by atoms with E-state index in [0.717, 1.165) is 5.25 Å². The Bertz CT molecular complexity index is 204. The Kier molecular flexibility index (Phi) is 7.31. The molecule has 1 saturated heterocycles. The van der Waals surface area contributed by atoms with Gasteiger partial charge in [-0.25, -0.2) is 0 Å². The van der Waals surface area contributed by atoms with Crippen molar-refractivity contribution in [2.75, 3.05) is 50.2 Å². The lowest BCUT2D eigenvalue weighted by atomic mass is 10.3. The summed E-state index contributed by atoms with van der Waals surface area (Å²) < 4.78 is 1.33. The topological polar surface area (TPSA) is 3.24 Å². The highest BCUT2D eigenvalue weighted by Gasteiger charge is 2.35. The molecule has 1 atom stereocenters. The van der Waals surface area contributed by atoms with Gasteiger partial charge in [0.2, 0.25) is 0 Å². The van der Waals surface area contributed by atoms with Crippen molar-refractivity contribution in [2.45, 2.75) is 32.9 Å². The van der Waals surface area contributed by atoms with E-state index in [9.17, 15) is 0 Å². The van der Waals surface area contributed by atoms with Crippen molar-refractivity contribution in [1.29, 1.82) is 0 Å². The zero-order chi connectivity index (χ0) is 12.7. The average molecular weight is 278 g/mol. The van der Waals surface area contributed by atoms with E-state index >= 15 is 0 Å². The summed E-state index contributed by atoms with van der Waals surface area (Å²) in [5.41, 5.74) is 0. The van der Waals surface area contributed by atoms with Crippen molar-refractivity contribution in [3.8, 4) is 0 Å². The molecule has 0 radical (unpaired) electrons. The highest BCUT2D eigenvalue weighted by molar-refractivity contribution is 8.03. The van der Waals surface area contributed by atoms with Gasteiger partial charge in [0.25, 0.3) is 0 Å². The van der Waals surface area contributed by atoms with E-state index in [1.54, 1.807) is 0 Å². The van der Waals surface area contributed by atoms with Crippen molar-refractivity contribution in [1.82, 2.24) is 4.90 Å². The third kappa shape index (κ3) is 4.66. The molecule has 0 aromatic carbocycles. The molecule has 0 aromatic heterocycles. The molecule has 0 aliphatic carbocycles. The fraction of sp³-hybridized carbons (Fsp3) is 1.00. The summed E-state index contributed by atoms with van der Waals surface area (Å²) in [6.45, 7) is 15.6. The van der Waals surface area contributed by atoms with Gasteiger partial charge in [0.05, 0.1) is 24.9 Å². The minimum absolute atomic E-state index is 0.885. The Morgan fingerprint density at radius 3 is 2.29 bits per heavy atom. The number of hydrogen-bond donors (Lipinski definition) is 0. The normalized spacial score (nSPS) is 23.5. The molecular weight excluding hydrogens is 248 g/mol. The maximum Gasteiger partial charge on any atom is 0.126 e. The molecule has 102 valence electrons. The zero-order valence-electron chi connectivity index (χ0n) is 11.9. The molecule has 1 aliphatic rings. The fourth-order valence-electron chi connectivity index (χ4n) is 2.29. The van der Waals surface area contributed by atoms with Crippen LogP contribution in [-0.2, 0) is 0 Å². The van der Waals surface area contributed by atoms with Crippen LogP contribution in [0.3, 0.4) is 0 Å². The third-order valence-corrected chi connectivity index (χ3v) is 6.87. The van der Waals surface area contributed by atoms with Crippen LogP contribution < -0.4 is 0 Å². The standard InChI is InChI=1S/C13H29N2S2/c1-5-14(6-2)11-16-10-13-9-15(7-3,8-4)12-17-13/h13H,5-12H2,1-4H3/q+1. The Morgan fingerprint density at radius 1 is 1.18 bits per heavy atom. The third-order valence-electron chi connectivity index (χ3n) is 3.99. The van der Waals surface area contributed by atoms with Crippen molar-refractivity contribution < 1.29 is 4.48 Å². The van der Waals surface area contributed by atoms with Crippen molar-refractivity contribution in [3.05, 3.63) is 0 Å². The molecule has 0 amide bonds. The van der Waals surface area contributed by atoms with E-state index in [1.165, 1.54) is 54.7 Å². The zero-order valence-corrected chi connectivity index (χ0v) is 13.6. The number of thioether (sulfide) groups is 2. The molecule has 1 rings (SSSR count). The van der Waals surface area contributed by atoms with Gasteiger partial charge < -0.3 is 4.48 Å². The predicted molar refractivity (Wildman–Crippen MR) is 82.7 cm³/mol. The fourth-order valence-corrected chi connectivity index (χ4v) is 5.48. The minimum atomic E-state index is 0.885. The molecule has 0 bridgehead atoms. The Labute approximate surface area is 116 Å². The van der Waals surface area contributed by atoms with Crippen LogP contribution in [0.5, 0.6) is 0 Å². The highest BCUT2D eigenvalue weighted by atomic mass is 32.2. The number of hydrogen-bond acceptors (Lipinski definition) is 3. The number of quaternary nitrogens is 1. The number of rotatable bonds is 8. The van der Waals surface area contributed by atoms with Crippen molar-refractivity contribution in [3.63, 3.8) is 0 Å². The highest BCUT2D eigenvalue weighted by Crippen LogP contribution is 2.31. The van der Waals surface area contributed by atoms with Crippen LogP contribution in [0, 0.1) is 0 Å². The van der Waals surface area contributed by atoms with E-state index in [-0.39, 0.29) is 0 Å². The largest absolute Gasteiger partial charge is 0.315 e. The molecule has 0 saturated carbocycles. The lowest BCUT2D eigenvalue weighted by Gasteiger charge is -2.31. The lowest BCUT2D eigenvalue weighted by molar-refractivity contribution is -0.907. The van der Waals surface area contributed by atoms with E-state index in [2.05, 4.69) is 56.1 Å². The Morgan fingerprint density at radius 2 is 1.82 bits per heavy atom. The van der Waals surface area contributed by atoms with Crippen LogP contribution >= 0.6 is 23.5 Å². The maximum absolute atomic E-state index is 2.51. The van der Waals surface area contributed by atoms with Crippen LogP contribution in [0.1, 0.15) is 27.7 Å². The monoisotopic (exact) mass is 277 g/mol. The van der Waals surface area contributed by atoms with Gasteiger partial charge in [-0.1, -0.05) is 25.6 Å². The van der Waals surface area contributed by atoms with Crippen LogP contribution in [0.4, 0.5) is 0 Å². The quantitative estimate of drug-likeness (QED) is 0.496. The summed E-state index contributed by atoms with van der Waals surface area (Å²) >= 11 is 4.32. The van der Waals surface area contributed by atoms with Gasteiger partial charge in [0.15, 0.2) is 0 Å². The van der Waals surface area contributed by atoms with Crippen molar-refractivity contribution in [2.24, 2.45) is 0 Å². The molecule has 1 heterocycles. The summed E-state index contributed by atoms with van der Waals surface area (Å²) in [4.78, 5) is 2.51. The van der Waals surface area contributed by atoms with Crippen LogP contribution in [0.25, 0.3) is 0 Å². The second kappa shape index (κ2) is 7.93.